The number of thiazole rings is 1. The number of imidazole rings is 1. The maximum Gasteiger partial charge on any atom is 0.373 e. The molecule has 1 N–H and O–H groups in total. The van der Waals surface area contributed by atoms with Crippen LogP contribution in [0.2, 0.25) is 0 Å². The van der Waals surface area contributed by atoms with Gasteiger partial charge in [0, 0.05) is 30.6 Å². The molecule has 2 aliphatic rings. The Kier molecular flexibility index (Phi) is 2.67. The number of fused-ring (bicyclic) bond motifs is 3. The second-order valence-corrected chi connectivity index (χ2v) is 6.32. The molecule has 4 heterocycles. The van der Waals surface area contributed by atoms with Crippen molar-refractivity contribution in [3.8, 4) is 0 Å². The Morgan fingerprint density at radius 3 is 3.10 bits per heavy atom. The summed E-state index contributed by atoms with van der Waals surface area (Å²) in [6.07, 6.45) is 5.12. The van der Waals surface area contributed by atoms with E-state index < -0.39 is 0 Å². The third-order valence-corrected chi connectivity index (χ3v) is 4.97. The fourth-order valence-corrected chi connectivity index (χ4v) is 3.98. The van der Waals surface area contributed by atoms with Gasteiger partial charge in [-0.2, -0.15) is 9.38 Å². The quantitative estimate of drug-likeness (QED) is 0.673. The van der Waals surface area contributed by atoms with Gasteiger partial charge in [-0.25, -0.2) is 0 Å². The summed E-state index contributed by atoms with van der Waals surface area (Å²) in [5, 5.41) is 16.8. The maximum absolute atomic E-state index is 11.4. The molecule has 2 unspecified atom stereocenters. The molecule has 2 bridgehead atoms. The van der Waals surface area contributed by atoms with E-state index in [-0.39, 0.29) is 10.7 Å². The van der Waals surface area contributed by atoms with Gasteiger partial charge in [0.25, 0.3) is 4.96 Å². The fraction of sp³-hybridized carbons (Fsp3) is 0.583. The second-order valence-electron chi connectivity index (χ2n) is 5.44. The summed E-state index contributed by atoms with van der Waals surface area (Å²) in [6.45, 7) is 1.64. The van der Waals surface area contributed by atoms with Crippen molar-refractivity contribution in [1.29, 1.82) is 0 Å². The van der Waals surface area contributed by atoms with Crippen LogP contribution in [-0.2, 0) is 0 Å². The number of aromatic nitrogens is 2. The summed E-state index contributed by atoms with van der Waals surface area (Å²) in [6, 6.07) is 0.995. The number of anilines is 1. The molecule has 2 saturated heterocycles. The smallest absolute Gasteiger partial charge is 0.358 e. The van der Waals surface area contributed by atoms with Crippen LogP contribution in [0.5, 0.6) is 0 Å². The molecule has 2 aromatic heterocycles. The van der Waals surface area contributed by atoms with Crippen LogP contribution in [0, 0.1) is 10.1 Å². The summed E-state index contributed by atoms with van der Waals surface area (Å²) in [5.74, 6) is 0.621. The normalized spacial score (nSPS) is 26.1. The molecule has 0 amide bonds. The van der Waals surface area contributed by atoms with Crippen molar-refractivity contribution in [3.63, 3.8) is 0 Å². The third kappa shape index (κ3) is 1.79. The molecule has 0 spiro atoms. The summed E-state index contributed by atoms with van der Waals surface area (Å²) in [5.41, 5.74) is 0. The van der Waals surface area contributed by atoms with Crippen LogP contribution in [-0.4, -0.2) is 39.5 Å². The molecule has 0 aliphatic carbocycles. The van der Waals surface area contributed by atoms with E-state index in [2.05, 4.69) is 15.2 Å². The Morgan fingerprint density at radius 1 is 1.40 bits per heavy atom. The lowest BCUT2D eigenvalue weighted by atomic mass is 10.1. The van der Waals surface area contributed by atoms with Crippen LogP contribution in [0.1, 0.15) is 19.3 Å². The van der Waals surface area contributed by atoms with E-state index in [1.54, 1.807) is 10.6 Å². The van der Waals surface area contributed by atoms with Crippen LogP contribution in [0.3, 0.4) is 0 Å². The minimum atomic E-state index is -0.321. The van der Waals surface area contributed by atoms with Crippen LogP contribution in [0.25, 0.3) is 4.96 Å². The zero-order chi connectivity index (χ0) is 13.7. The van der Waals surface area contributed by atoms with Crippen molar-refractivity contribution in [2.75, 3.05) is 18.0 Å². The highest BCUT2D eigenvalue weighted by Crippen LogP contribution is 2.33. The van der Waals surface area contributed by atoms with Gasteiger partial charge in [0.1, 0.15) is 6.20 Å². The minimum Gasteiger partial charge on any atom is -0.358 e. The zero-order valence-electron chi connectivity index (χ0n) is 10.9. The number of nitro groups is 1. The van der Waals surface area contributed by atoms with E-state index in [0.717, 1.165) is 25.9 Å². The molecule has 106 valence electrons. The van der Waals surface area contributed by atoms with Gasteiger partial charge in [-0.1, -0.05) is 11.3 Å². The molecule has 8 heteroatoms. The average molecular weight is 293 g/mol. The molecular formula is C12H15N5O2S. The molecule has 4 rings (SSSR count). The first-order chi connectivity index (χ1) is 9.72. The summed E-state index contributed by atoms with van der Waals surface area (Å²) in [7, 11) is 0. The van der Waals surface area contributed by atoms with Crippen molar-refractivity contribution in [2.24, 2.45) is 0 Å². The molecule has 7 nitrogen and oxygen atoms in total. The van der Waals surface area contributed by atoms with E-state index in [1.165, 1.54) is 17.8 Å². The monoisotopic (exact) mass is 293 g/mol. The van der Waals surface area contributed by atoms with Gasteiger partial charge in [-0.3, -0.25) is 0 Å². The van der Waals surface area contributed by atoms with Crippen molar-refractivity contribution in [1.82, 2.24) is 14.7 Å². The molecule has 20 heavy (non-hydrogen) atoms. The highest BCUT2D eigenvalue weighted by molar-refractivity contribution is 7.15. The lowest BCUT2D eigenvalue weighted by Crippen LogP contribution is -2.35. The van der Waals surface area contributed by atoms with Gasteiger partial charge in [0.2, 0.25) is 5.82 Å². The molecular weight excluding hydrogens is 278 g/mol. The van der Waals surface area contributed by atoms with Crippen LogP contribution >= 0.6 is 11.3 Å². The number of hydrogen-bond donors (Lipinski definition) is 1. The van der Waals surface area contributed by atoms with Crippen molar-refractivity contribution >= 4 is 27.9 Å². The molecule has 2 fully saturated rings. The van der Waals surface area contributed by atoms with Gasteiger partial charge >= 0.3 is 5.82 Å². The van der Waals surface area contributed by atoms with Gasteiger partial charge in [-0.05, 0) is 24.2 Å². The van der Waals surface area contributed by atoms with Crippen molar-refractivity contribution in [2.45, 2.75) is 31.3 Å². The standard InChI is InChI=1S/C12H15N5O2S/c18-17(19)11-10(14-12-16(11)5-6-20-12)15-4-3-8-1-2-9(7-15)13-8/h5-6,8-9,13H,1-4,7H2. The summed E-state index contributed by atoms with van der Waals surface area (Å²) < 4.78 is 1.58. The van der Waals surface area contributed by atoms with Crippen molar-refractivity contribution < 1.29 is 4.92 Å². The van der Waals surface area contributed by atoms with Crippen molar-refractivity contribution in [3.05, 3.63) is 21.7 Å². The second kappa shape index (κ2) is 4.42. The average Bonchev–Trinajstić information content (AvgIpc) is 3.02. The molecule has 2 aromatic rings. The molecule has 0 radical (unpaired) electrons. The Morgan fingerprint density at radius 2 is 2.25 bits per heavy atom. The topological polar surface area (TPSA) is 75.7 Å². The first-order valence-electron chi connectivity index (χ1n) is 6.83. The van der Waals surface area contributed by atoms with E-state index in [1.807, 2.05) is 5.38 Å². The van der Waals surface area contributed by atoms with Crippen LogP contribution in [0.4, 0.5) is 11.6 Å². The van der Waals surface area contributed by atoms with E-state index in [9.17, 15) is 10.1 Å². The molecule has 2 atom stereocenters. The lowest BCUT2D eigenvalue weighted by Gasteiger charge is -2.23. The Hall–Kier alpha value is -1.67. The maximum atomic E-state index is 11.4. The number of nitrogens with one attached hydrogen (secondary N) is 1. The number of rotatable bonds is 2. The van der Waals surface area contributed by atoms with Gasteiger partial charge in [0.15, 0.2) is 0 Å². The number of nitrogens with zero attached hydrogens (tertiary/aromatic N) is 4. The van der Waals surface area contributed by atoms with Crippen LogP contribution in [0.15, 0.2) is 11.6 Å². The predicted octanol–water partition coefficient (Wildman–Crippen LogP) is 1.63. The molecule has 2 aliphatic heterocycles. The summed E-state index contributed by atoms with van der Waals surface area (Å²) >= 11 is 1.43. The van der Waals surface area contributed by atoms with E-state index in [0.29, 0.717) is 22.9 Å². The van der Waals surface area contributed by atoms with Gasteiger partial charge < -0.3 is 20.3 Å². The lowest BCUT2D eigenvalue weighted by molar-refractivity contribution is -0.389. The molecule has 0 aromatic carbocycles. The third-order valence-electron chi connectivity index (χ3n) is 4.21. The van der Waals surface area contributed by atoms with Gasteiger partial charge in [0.05, 0.1) is 0 Å². The Labute approximate surface area is 119 Å². The Bertz CT molecular complexity index is 666. The van der Waals surface area contributed by atoms with E-state index in [4.69, 9.17) is 0 Å². The SMILES string of the molecule is O=[N+]([O-])c1c(N2CCC3CCC(C2)N3)nc2sccn12. The zero-order valence-corrected chi connectivity index (χ0v) is 11.7. The highest BCUT2D eigenvalue weighted by Gasteiger charge is 2.34. The van der Waals surface area contributed by atoms with Crippen LogP contribution < -0.4 is 10.2 Å². The number of hydrogen-bond acceptors (Lipinski definition) is 6. The largest absolute Gasteiger partial charge is 0.373 e. The first kappa shape index (κ1) is 12.1. The first-order valence-corrected chi connectivity index (χ1v) is 7.71. The predicted molar refractivity (Wildman–Crippen MR) is 76.5 cm³/mol. The fourth-order valence-electron chi connectivity index (χ4n) is 3.28. The highest BCUT2D eigenvalue weighted by atomic mass is 32.1. The summed E-state index contributed by atoms with van der Waals surface area (Å²) in [4.78, 5) is 18.3. The Balaban J connectivity index is 1.75. The minimum absolute atomic E-state index is 0.0963. The molecule has 0 saturated carbocycles. The van der Waals surface area contributed by atoms with E-state index >= 15 is 0 Å². The van der Waals surface area contributed by atoms with Gasteiger partial charge in [-0.15, -0.1) is 0 Å².